The number of anilines is 2. The van der Waals surface area contributed by atoms with Gasteiger partial charge >= 0.3 is 0 Å². The standard InChI is InChI=1S/C25H31FN8O2/c1-14-4-5-16(13-32(14)21-12-28-33(15(21)2)17-6-8-36-9-7-17)23-30-24-18-10-19(26)22(35-3)11-20(18)29-25(27)34(24)31-23/h10-12,14,16-17H,4-9,13H2,1-3H3,(H2,27,29)/t14-,16+/m0/s1. The number of nitrogen functional groups attached to an aromatic ring is 1. The van der Waals surface area contributed by atoms with Gasteiger partial charge in [-0.1, -0.05) is 0 Å². The van der Waals surface area contributed by atoms with Crippen LogP contribution in [-0.2, 0) is 4.74 Å². The molecule has 0 saturated carbocycles. The Hall–Kier alpha value is -3.47. The number of halogens is 1. The van der Waals surface area contributed by atoms with Crippen molar-refractivity contribution in [2.75, 3.05) is 37.5 Å². The maximum atomic E-state index is 14.5. The number of benzene rings is 1. The summed E-state index contributed by atoms with van der Waals surface area (Å²) in [5.74, 6) is 0.646. The molecule has 0 amide bonds. The van der Waals surface area contributed by atoms with Crippen molar-refractivity contribution in [1.29, 1.82) is 0 Å². The van der Waals surface area contributed by atoms with Crippen LogP contribution in [0.1, 0.15) is 56.1 Å². The third-order valence-corrected chi connectivity index (χ3v) is 7.70. The van der Waals surface area contributed by atoms with Gasteiger partial charge in [-0.2, -0.15) is 9.61 Å². The minimum atomic E-state index is -0.474. The lowest BCUT2D eigenvalue weighted by Crippen LogP contribution is -2.41. The Kier molecular flexibility index (Phi) is 5.66. The molecule has 0 unspecified atom stereocenters. The van der Waals surface area contributed by atoms with Gasteiger partial charge in [-0.05, 0) is 45.6 Å². The van der Waals surface area contributed by atoms with E-state index in [2.05, 4.69) is 28.4 Å². The summed E-state index contributed by atoms with van der Waals surface area (Å²) in [6.07, 6.45) is 5.92. The summed E-state index contributed by atoms with van der Waals surface area (Å²) in [6, 6.07) is 3.68. The van der Waals surface area contributed by atoms with Gasteiger partial charge in [0.15, 0.2) is 23.0 Å². The predicted octanol–water partition coefficient (Wildman–Crippen LogP) is 3.64. The maximum Gasteiger partial charge on any atom is 0.223 e. The van der Waals surface area contributed by atoms with E-state index in [4.69, 9.17) is 30.4 Å². The fourth-order valence-electron chi connectivity index (χ4n) is 5.62. The Labute approximate surface area is 208 Å². The van der Waals surface area contributed by atoms with E-state index in [0.717, 1.165) is 51.1 Å². The number of piperidine rings is 1. The first-order chi connectivity index (χ1) is 17.4. The van der Waals surface area contributed by atoms with Crippen molar-refractivity contribution >= 4 is 28.2 Å². The molecule has 2 saturated heterocycles. The number of aromatic nitrogens is 6. The molecule has 5 heterocycles. The van der Waals surface area contributed by atoms with Gasteiger partial charge < -0.3 is 20.1 Å². The summed E-state index contributed by atoms with van der Waals surface area (Å²) in [5.41, 5.74) is 9.57. The molecule has 0 radical (unpaired) electrons. The van der Waals surface area contributed by atoms with Gasteiger partial charge in [0.2, 0.25) is 5.95 Å². The maximum absolute atomic E-state index is 14.5. The third-order valence-electron chi connectivity index (χ3n) is 7.70. The zero-order valence-electron chi connectivity index (χ0n) is 20.8. The van der Waals surface area contributed by atoms with Gasteiger partial charge in [-0.15, -0.1) is 5.10 Å². The van der Waals surface area contributed by atoms with E-state index in [9.17, 15) is 4.39 Å². The van der Waals surface area contributed by atoms with Crippen LogP contribution < -0.4 is 15.4 Å². The molecule has 2 fully saturated rings. The Bertz CT molecular complexity index is 1430. The van der Waals surface area contributed by atoms with Gasteiger partial charge in [-0.25, -0.2) is 14.4 Å². The Morgan fingerprint density at radius 2 is 1.94 bits per heavy atom. The average molecular weight is 495 g/mol. The van der Waals surface area contributed by atoms with E-state index in [1.165, 1.54) is 29.5 Å². The molecule has 4 aromatic rings. The normalized spacial score (nSPS) is 21.5. The third kappa shape index (κ3) is 3.73. The first kappa shape index (κ1) is 23.0. The summed E-state index contributed by atoms with van der Waals surface area (Å²) in [6.45, 7) is 6.74. The van der Waals surface area contributed by atoms with Gasteiger partial charge in [0.05, 0.1) is 36.2 Å². The number of fused-ring (bicyclic) bond motifs is 3. The summed E-state index contributed by atoms with van der Waals surface area (Å²) in [4.78, 5) is 11.7. The SMILES string of the molecule is COc1cc2nc(N)n3nc([C@@H]4CC[C@H](C)N(c5cnn(C6CCOCC6)c5C)C4)nc3c2cc1F. The molecule has 2 atom stereocenters. The number of ether oxygens (including phenoxy) is 2. The molecule has 1 aromatic carbocycles. The van der Waals surface area contributed by atoms with Crippen molar-refractivity contribution in [3.8, 4) is 5.75 Å². The van der Waals surface area contributed by atoms with Crippen molar-refractivity contribution in [3.63, 3.8) is 0 Å². The summed E-state index contributed by atoms with van der Waals surface area (Å²) in [7, 11) is 1.42. The second-order valence-corrected chi connectivity index (χ2v) is 9.86. The van der Waals surface area contributed by atoms with Gasteiger partial charge in [-0.3, -0.25) is 4.68 Å². The Morgan fingerprint density at radius 3 is 2.72 bits per heavy atom. The summed E-state index contributed by atoms with van der Waals surface area (Å²) in [5, 5.41) is 10.0. The fourth-order valence-corrected chi connectivity index (χ4v) is 5.62. The fraction of sp³-hybridized carbons (Fsp3) is 0.520. The van der Waals surface area contributed by atoms with Crippen LogP contribution >= 0.6 is 0 Å². The summed E-state index contributed by atoms with van der Waals surface area (Å²) < 4.78 is 28.8. The molecule has 0 spiro atoms. The van der Waals surface area contributed by atoms with E-state index in [0.29, 0.717) is 34.5 Å². The van der Waals surface area contributed by atoms with Crippen LogP contribution in [0.4, 0.5) is 16.0 Å². The van der Waals surface area contributed by atoms with Crippen LogP contribution in [0.5, 0.6) is 5.75 Å². The Balaban J connectivity index is 1.33. The molecule has 0 bridgehead atoms. The van der Waals surface area contributed by atoms with Crippen LogP contribution in [0.3, 0.4) is 0 Å². The monoisotopic (exact) mass is 494 g/mol. The number of rotatable bonds is 4. The van der Waals surface area contributed by atoms with E-state index in [-0.39, 0.29) is 17.6 Å². The quantitative estimate of drug-likeness (QED) is 0.458. The highest BCUT2D eigenvalue weighted by Gasteiger charge is 2.32. The Morgan fingerprint density at radius 1 is 1.14 bits per heavy atom. The molecule has 2 aliphatic heterocycles. The topological polar surface area (TPSA) is 109 Å². The van der Waals surface area contributed by atoms with Gasteiger partial charge in [0, 0.05) is 43.2 Å². The zero-order valence-corrected chi connectivity index (χ0v) is 20.8. The van der Waals surface area contributed by atoms with Crippen LogP contribution in [0.15, 0.2) is 18.3 Å². The molecule has 2 N–H and O–H groups in total. The molecule has 11 heteroatoms. The molecule has 6 rings (SSSR count). The second-order valence-electron chi connectivity index (χ2n) is 9.86. The van der Waals surface area contributed by atoms with Crippen LogP contribution in [0.25, 0.3) is 16.6 Å². The minimum Gasteiger partial charge on any atom is -0.494 e. The lowest BCUT2D eigenvalue weighted by atomic mass is 9.92. The van der Waals surface area contributed by atoms with E-state index in [1.807, 2.05) is 6.20 Å². The number of methoxy groups -OCH3 is 1. The average Bonchev–Trinajstić information content (AvgIpc) is 3.50. The molecule has 10 nitrogen and oxygen atoms in total. The van der Waals surface area contributed by atoms with Crippen molar-refractivity contribution in [1.82, 2.24) is 29.4 Å². The number of nitrogens with two attached hydrogens (primary N) is 1. The van der Waals surface area contributed by atoms with Crippen molar-refractivity contribution in [2.24, 2.45) is 0 Å². The first-order valence-electron chi connectivity index (χ1n) is 12.5. The molecule has 36 heavy (non-hydrogen) atoms. The van der Waals surface area contributed by atoms with Crippen LogP contribution in [0, 0.1) is 12.7 Å². The highest BCUT2D eigenvalue weighted by molar-refractivity contribution is 5.93. The molecular weight excluding hydrogens is 463 g/mol. The van der Waals surface area contributed by atoms with E-state index < -0.39 is 5.82 Å². The van der Waals surface area contributed by atoms with Gasteiger partial charge in [0.25, 0.3) is 0 Å². The van der Waals surface area contributed by atoms with E-state index in [1.54, 1.807) is 0 Å². The predicted molar refractivity (Wildman–Crippen MR) is 134 cm³/mol. The second kappa shape index (κ2) is 8.88. The van der Waals surface area contributed by atoms with Crippen LogP contribution in [-0.4, -0.2) is 62.3 Å². The van der Waals surface area contributed by atoms with Gasteiger partial charge in [0.1, 0.15) is 0 Å². The smallest absolute Gasteiger partial charge is 0.223 e. The summed E-state index contributed by atoms with van der Waals surface area (Å²) >= 11 is 0. The molecule has 0 aliphatic carbocycles. The highest BCUT2D eigenvalue weighted by atomic mass is 19.1. The molecular formula is C25H31FN8O2. The highest BCUT2D eigenvalue weighted by Crippen LogP contribution is 2.36. The zero-order chi connectivity index (χ0) is 25.0. The number of hydrogen-bond donors (Lipinski definition) is 1. The first-order valence-corrected chi connectivity index (χ1v) is 12.5. The lowest BCUT2D eigenvalue weighted by molar-refractivity contribution is 0.0657. The van der Waals surface area contributed by atoms with Crippen molar-refractivity contribution < 1.29 is 13.9 Å². The van der Waals surface area contributed by atoms with Crippen molar-refractivity contribution in [3.05, 3.63) is 35.7 Å². The lowest BCUT2D eigenvalue weighted by Gasteiger charge is -2.38. The molecule has 2 aliphatic rings. The van der Waals surface area contributed by atoms with Crippen LogP contribution in [0.2, 0.25) is 0 Å². The van der Waals surface area contributed by atoms with E-state index >= 15 is 0 Å². The number of hydrogen-bond acceptors (Lipinski definition) is 8. The largest absolute Gasteiger partial charge is 0.494 e. The minimum absolute atomic E-state index is 0.101. The number of nitrogens with zero attached hydrogens (tertiary/aromatic N) is 7. The van der Waals surface area contributed by atoms with Crippen molar-refractivity contribution in [2.45, 2.75) is 57.5 Å². The molecule has 190 valence electrons. The molecule has 3 aromatic heterocycles.